The predicted octanol–water partition coefficient (Wildman–Crippen LogP) is 3.36. The van der Waals surface area contributed by atoms with Crippen LogP contribution in [0.1, 0.15) is 56.5 Å². The molecule has 190 valence electrons. The maximum Gasteiger partial charge on any atom is 0.422 e. The first kappa shape index (κ1) is 26.2. The van der Waals surface area contributed by atoms with E-state index in [9.17, 15) is 27.6 Å². The van der Waals surface area contributed by atoms with Crippen LogP contribution in [0.25, 0.3) is 10.2 Å². The Kier molecular flexibility index (Phi) is 7.48. The molecule has 0 unspecified atom stereocenters. The number of aryl methyl sites for hydroxylation is 2. The molecule has 3 rings (SSSR count). The van der Waals surface area contributed by atoms with E-state index in [1.807, 2.05) is 0 Å². The summed E-state index contributed by atoms with van der Waals surface area (Å²) in [5, 5.41) is 0.210. The summed E-state index contributed by atoms with van der Waals surface area (Å²) in [6.07, 6.45) is -5.58. The quantitative estimate of drug-likeness (QED) is 0.559. The Labute approximate surface area is 197 Å². The summed E-state index contributed by atoms with van der Waals surface area (Å²) in [6, 6.07) is -0.429. The summed E-state index contributed by atoms with van der Waals surface area (Å²) in [6.45, 7) is 6.31. The first-order valence-electron chi connectivity index (χ1n) is 10.8. The lowest BCUT2D eigenvalue weighted by molar-refractivity contribution is -0.136. The van der Waals surface area contributed by atoms with Gasteiger partial charge in [-0.1, -0.05) is 0 Å². The summed E-state index contributed by atoms with van der Waals surface area (Å²) >= 11 is 1.05. The molecule has 0 aliphatic heterocycles. The number of thiophene rings is 1. The lowest BCUT2D eigenvalue weighted by atomic mass is 9.89. The average Bonchev–Trinajstić information content (AvgIpc) is 2.97. The number of aromatic nitrogens is 2. The number of carbonyl (C=O) groups excluding carboxylic acids is 1. The van der Waals surface area contributed by atoms with E-state index in [1.165, 1.54) is 7.11 Å². The number of ether oxygens (including phenoxy) is 2. The first-order valence-corrected chi connectivity index (χ1v) is 11.6. The number of amides is 1. The Balaban J connectivity index is 1.97. The summed E-state index contributed by atoms with van der Waals surface area (Å²) in [5.74, 6) is 0. The van der Waals surface area contributed by atoms with E-state index < -0.39 is 48.1 Å². The van der Waals surface area contributed by atoms with Gasteiger partial charge in [-0.05, 0) is 46.1 Å². The van der Waals surface area contributed by atoms with Gasteiger partial charge in [0.1, 0.15) is 10.4 Å². The van der Waals surface area contributed by atoms with Crippen LogP contribution in [0.5, 0.6) is 0 Å². The molecule has 9 nitrogen and oxygen atoms in total. The van der Waals surface area contributed by atoms with Gasteiger partial charge in [-0.15, -0.1) is 11.3 Å². The molecule has 0 saturated heterocycles. The van der Waals surface area contributed by atoms with Crippen molar-refractivity contribution in [2.45, 2.75) is 84.0 Å². The van der Waals surface area contributed by atoms with Crippen molar-refractivity contribution in [2.24, 2.45) is 0 Å². The number of nitrogens with one attached hydrogen (secondary N) is 2. The van der Waals surface area contributed by atoms with E-state index in [1.54, 1.807) is 27.7 Å². The second-order valence-corrected chi connectivity index (χ2v) is 10.4. The minimum absolute atomic E-state index is 0.0898. The van der Waals surface area contributed by atoms with Crippen LogP contribution in [-0.4, -0.2) is 40.2 Å². The number of alkyl halides is 3. The number of methoxy groups -OCH3 is 1. The molecule has 1 fully saturated rings. The van der Waals surface area contributed by atoms with Gasteiger partial charge in [0.05, 0.1) is 17.9 Å². The van der Waals surface area contributed by atoms with Crippen LogP contribution < -0.4 is 22.1 Å². The Morgan fingerprint density at radius 2 is 1.85 bits per heavy atom. The molecule has 2 N–H and O–H groups in total. The van der Waals surface area contributed by atoms with Crippen molar-refractivity contribution in [3.63, 3.8) is 0 Å². The summed E-state index contributed by atoms with van der Waals surface area (Å²) in [5.41, 5.74) is 3.66. The van der Waals surface area contributed by atoms with E-state index in [-0.39, 0.29) is 22.9 Å². The number of carbonyl (C=O) groups is 1. The van der Waals surface area contributed by atoms with Crippen molar-refractivity contribution in [1.29, 1.82) is 0 Å². The predicted molar refractivity (Wildman–Crippen MR) is 121 cm³/mol. The third-order valence-corrected chi connectivity index (χ3v) is 6.88. The van der Waals surface area contributed by atoms with Crippen molar-refractivity contribution < 1.29 is 27.4 Å². The Morgan fingerprint density at radius 1 is 1.21 bits per heavy atom. The summed E-state index contributed by atoms with van der Waals surface area (Å²) < 4.78 is 51.4. The molecule has 2 aromatic rings. The number of hydrazine groups is 1. The molecule has 2 aromatic heterocycles. The van der Waals surface area contributed by atoms with E-state index >= 15 is 0 Å². The first-order chi connectivity index (χ1) is 15.7. The maximum absolute atomic E-state index is 13.3. The Morgan fingerprint density at radius 3 is 2.41 bits per heavy atom. The number of fused-ring (bicyclic) bond motifs is 1. The molecule has 0 radical (unpaired) electrons. The molecule has 1 aliphatic carbocycles. The zero-order valence-electron chi connectivity index (χ0n) is 19.7. The van der Waals surface area contributed by atoms with Gasteiger partial charge in [-0.2, -0.15) is 13.2 Å². The van der Waals surface area contributed by atoms with Gasteiger partial charge < -0.3 is 9.47 Å². The molecule has 1 aliphatic rings. The fourth-order valence-corrected chi connectivity index (χ4v) is 5.03. The number of rotatable bonds is 7. The van der Waals surface area contributed by atoms with Gasteiger partial charge >= 0.3 is 18.0 Å². The average molecular weight is 507 g/mol. The highest BCUT2D eigenvalue weighted by Gasteiger charge is 2.35. The number of nitrogens with zero attached hydrogens (tertiary/aromatic N) is 2. The number of hydrogen-bond donors (Lipinski definition) is 2. The third kappa shape index (κ3) is 5.81. The van der Waals surface area contributed by atoms with Crippen molar-refractivity contribution in [3.8, 4) is 0 Å². The van der Waals surface area contributed by atoms with Gasteiger partial charge in [0.2, 0.25) is 0 Å². The van der Waals surface area contributed by atoms with Crippen LogP contribution in [-0.2, 0) is 22.6 Å². The van der Waals surface area contributed by atoms with E-state index in [2.05, 4.69) is 10.9 Å². The zero-order chi connectivity index (χ0) is 25.4. The highest BCUT2D eigenvalue weighted by Crippen LogP contribution is 2.34. The number of halogens is 3. The van der Waals surface area contributed by atoms with Gasteiger partial charge in [0.15, 0.2) is 0 Å². The molecule has 0 spiro atoms. The SMILES string of the molecule is COC1CC(n2c(=O)c3c(C)c(CNNC(=O)OC(C)(C)C)sc3n(CCC(F)(F)F)c2=O)C1. The van der Waals surface area contributed by atoms with Crippen LogP contribution in [0.2, 0.25) is 0 Å². The lowest BCUT2D eigenvalue weighted by Gasteiger charge is -2.35. The van der Waals surface area contributed by atoms with E-state index in [0.717, 1.165) is 20.5 Å². The van der Waals surface area contributed by atoms with Crippen molar-refractivity contribution in [3.05, 3.63) is 31.3 Å². The topological polar surface area (TPSA) is 104 Å². The van der Waals surface area contributed by atoms with Crippen LogP contribution in [0.3, 0.4) is 0 Å². The molecule has 1 saturated carbocycles. The molecule has 0 aromatic carbocycles. The Bertz CT molecular complexity index is 1170. The van der Waals surface area contributed by atoms with Crippen LogP contribution in [0, 0.1) is 6.92 Å². The zero-order valence-corrected chi connectivity index (χ0v) is 20.5. The van der Waals surface area contributed by atoms with Crippen molar-refractivity contribution in [1.82, 2.24) is 20.0 Å². The second kappa shape index (κ2) is 9.70. The largest absolute Gasteiger partial charge is 0.443 e. The van der Waals surface area contributed by atoms with Crippen molar-refractivity contribution >= 4 is 27.6 Å². The maximum atomic E-state index is 13.3. The highest BCUT2D eigenvalue weighted by molar-refractivity contribution is 7.18. The van der Waals surface area contributed by atoms with Gasteiger partial charge in [-0.25, -0.2) is 15.0 Å². The third-order valence-electron chi connectivity index (χ3n) is 5.57. The number of hydrogen-bond acceptors (Lipinski definition) is 7. The van der Waals surface area contributed by atoms with E-state index in [4.69, 9.17) is 9.47 Å². The van der Waals surface area contributed by atoms with Crippen LogP contribution >= 0.6 is 11.3 Å². The molecule has 13 heteroatoms. The second-order valence-electron chi connectivity index (χ2n) is 9.27. The minimum Gasteiger partial charge on any atom is -0.443 e. The molecule has 0 bridgehead atoms. The van der Waals surface area contributed by atoms with Gasteiger partial charge in [0.25, 0.3) is 5.56 Å². The fourth-order valence-electron chi connectivity index (χ4n) is 3.78. The fraction of sp³-hybridized carbons (Fsp3) is 0.667. The molecule has 34 heavy (non-hydrogen) atoms. The standard InChI is InChI=1S/C21H29F3N4O5S/c1-11-14(10-25-26-18(30)33-20(2,3)4)34-17-15(11)16(29)28(12-8-13(9-12)32-5)19(31)27(17)7-6-21(22,23)24/h12-13,25H,6-10H2,1-5H3,(H,26,30). The smallest absolute Gasteiger partial charge is 0.422 e. The van der Waals surface area contributed by atoms with Crippen LogP contribution in [0.4, 0.5) is 18.0 Å². The highest BCUT2D eigenvalue weighted by atomic mass is 32.1. The summed E-state index contributed by atoms with van der Waals surface area (Å²) in [4.78, 5) is 39.1. The molecule has 2 heterocycles. The molecular weight excluding hydrogens is 477 g/mol. The lowest BCUT2D eigenvalue weighted by Crippen LogP contribution is -2.47. The van der Waals surface area contributed by atoms with Gasteiger partial charge in [-0.3, -0.25) is 19.4 Å². The molecule has 0 atom stereocenters. The monoisotopic (exact) mass is 506 g/mol. The molecule has 1 amide bonds. The van der Waals surface area contributed by atoms with Crippen LogP contribution in [0.15, 0.2) is 9.59 Å². The van der Waals surface area contributed by atoms with Crippen molar-refractivity contribution in [2.75, 3.05) is 7.11 Å². The minimum atomic E-state index is -4.46. The van der Waals surface area contributed by atoms with Gasteiger partial charge in [0, 0.05) is 31.1 Å². The Hall–Kier alpha value is -2.38. The summed E-state index contributed by atoms with van der Waals surface area (Å²) in [7, 11) is 1.53. The molecular formula is C21H29F3N4O5S. The normalized spacial score (nSPS) is 18.7. The van der Waals surface area contributed by atoms with E-state index in [0.29, 0.717) is 23.3 Å².